The van der Waals surface area contributed by atoms with Gasteiger partial charge in [0, 0.05) is 59.8 Å². The summed E-state index contributed by atoms with van der Waals surface area (Å²) < 4.78 is 5.30. The van der Waals surface area contributed by atoms with E-state index in [1.807, 2.05) is 60.4 Å². The molecule has 4 rings (SSSR count). The van der Waals surface area contributed by atoms with Crippen molar-refractivity contribution in [1.29, 1.82) is 0 Å². The highest BCUT2D eigenvalue weighted by Crippen LogP contribution is 2.33. The molecular weight excluding hydrogens is 497 g/mol. The number of ether oxygens (including phenoxy) is 1. The number of halogens is 2. The SMILES string of the molecule is COc1c(Cl)cc(Cl)cc1/C=C/C(=O)Nc1ccc(N2CCN(C(=O)c3ccc(C)cc3)CC2)cc1. The summed E-state index contributed by atoms with van der Waals surface area (Å²) in [4.78, 5) is 29.3. The van der Waals surface area contributed by atoms with Crippen LogP contribution in [0.3, 0.4) is 0 Å². The lowest BCUT2D eigenvalue weighted by atomic mass is 10.1. The first-order valence-electron chi connectivity index (χ1n) is 11.6. The van der Waals surface area contributed by atoms with Gasteiger partial charge in [-0.05, 0) is 61.5 Å². The monoisotopic (exact) mass is 523 g/mol. The summed E-state index contributed by atoms with van der Waals surface area (Å²) in [5.74, 6) is 0.234. The van der Waals surface area contributed by atoms with Crippen LogP contribution in [0.2, 0.25) is 10.0 Å². The van der Waals surface area contributed by atoms with E-state index in [4.69, 9.17) is 27.9 Å². The van der Waals surface area contributed by atoms with Gasteiger partial charge in [0.05, 0.1) is 12.1 Å². The topological polar surface area (TPSA) is 61.9 Å². The molecule has 2 amide bonds. The molecule has 1 fully saturated rings. The Balaban J connectivity index is 1.32. The average Bonchev–Trinajstić information content (AvgIpc) is 2.88. The van der Waals surface area contributed by atoms with Gasteiger partial charge in [-0.2, -0.15) is 0 Å². The molecule has 186 valence electrons. The average molecular weight is 524 g/mol. The highest BCUT2D eigenvalue weighted by Gasteiger charge is 2.22. The van der Waals surface area contributed by atoms with Crippen molar-refractivity contribution >= 4 is 52.5 Å². The number of hydrogen-bond acceptors (Lipinski definition) is 4. The molecule has 1 saturated heterocycles. The van der Waals surface area contributed by atoms with Crippen molar-refractivity contribution in [1.82, 2.24) is 4.90 Å². The summed E-state index contributed by atoms with van der Waals surface area (Å²) in [6, 6.07) is 18.6. The second-order valence-electron chi connectivity index (χ2n) is 8.52. The Morgan fingerprint density at radius 1 is 0.944 bits per heavy atom. The van der Waals surface area contributed by atoms with Crippen molar-refractivity contribution in [2.75, 3.05) is 43.5 Å². The van der Waals surface area contributed by atoms with Crippen molar-refractivity contribution in [2.24, 2.45) is 0 Å². The summed E-state index contributed by atoms with van der Waals surface area (Å²) in [7, 11) is 1.51. The van der Waals surface area contributed by atoms with Gasteiger partial charge in [0.15, 0.2) is 0 Å². The molecule has 1 aliphatic heterocycles. The molecule has 0 aromatic heterocycles. The van der Waals surface area contributed by atoms with Crippen LogP contribution in [0.5, 0.6) is 5.75 Å². The first-order valence-corrected chi connectivity index (χ1v) is 12.3. The number of nitrogens with one attached hydrogen (secondary N) is 1. The number of anilines is 2. The predicted octanol–water partition coefficient (Wildman–Crippen LogP) is 5.92. The van der Waals surface area contributed by atoms with Gasteiger partial charge < -0.3 is 19.9 Å². The molecule has 8 heteroatoms. The summed E-state index contributed by atoms with van der Waals surface area (Å²) in [5.41, 5.74) is 4.20. The molecule has 3 aromatic rings. The standard InChI is InChI=1S/C28H27Cl2N3O3/c1-19-3-5-20(6-4-19)28(35)33-15-13-32(14-16-33)24-10-8-23(9-11-24)31-26(34)12-7-21-17-22(29)18-25(30)27(21)36-2/h3-12,17-18H,13-16H2,1-2H3,(H,31,34)/b12-7+. The lowest BCUT2D eigenvalue weighted by molar-refractivity contribution is -0.111. The number of methoxy groups -OCH3 is 1. The van der Waals surface area contributed by atoms with E-state index < -0.39 is 0 Å². The third kappa shape index (κ3) is 6.20. The molecule has 1 heterocycles. The number of carbonyl (C=O) groups excluding carboxylic acids is 2. The first-order chi connectivity index (χ1) is 17.3. The van der Waals surface area contributed by atoms with Gasteiger partial charge in [-0.25, -0.2) is 0 Å². The van der Waals surface area contributed by atoms with Crippen LogP contribution in [0.15, 0.2) is 66.7 Å². The molecule has 0 unspecified atom stereocenters. The van der Waals surface area contributed by atoms with Crippen LogP contribution in [-0.4, -0.2) is 50.0 Å². The van der Waals surface area contributed by atoms with Crippen molar-refractivity contribution in [3.05, 3.63) is 93.5 Å². The van der Waals surface area contributed by atoms with Gasteiger partial charge in [-0.1, -0.05) is 40.9 Å². The number of piperazine rings is 1. The van der Waals surface area contributed by atoms with Crippen LogP contribution in [0.4, 0.5) is 11.4 Å². The lowest BCUT2D eigenvalue weighted by Gasteiger charge is -2.36. The molecule has 0 atom stereocenters. The number of aryl methyl sites for hydroxylation is 1. The number of benzene rings is 3. The van der Waals surface area contributed by atoms with Crippen LogP contribution in [0.1, 0.15) is 21.5 Å². The normalized spacial score (nSPS) is 13.7. The summed E-state index contributed by atoms with van der Waals surface area (Å²) in [6.07, 6.45) is 3.01. The van der Waals surface area contributed by atoms with E-state index in [0.29, 0.717) is 40.1 Å². The van der Waals surface area contributed by atoms with Crippen LogP contribution in [-0.2, 0) is 4.79 Å². The Morgan fingerprint density at radius 3 is 2.25 bits per heavy atom. The van der Waals surface area contributed by atoms with E-state index in [1.165, 1.54) is 13.2 Å². The van der Waals surface area contributed by atoms with E-state index in [2.05, 4.69) is 10.2 Å². The number of carbonyl (C=O) groups is 2. The van der Waals surface area contributed by atoms with Crippen molar-refractivity contribution in [3.8, 4) is 5.75 Å². The molecule has 1 aliphatic rings. The van der Waals surface area contributed by atoms with Gasteiger partial charge in [0.2, 0.25) is 5.91 Å². The number of nitrogens with zero attached hydrogens (tertiary/aromatic N) is 2. The molecule has 3 aromatic carbocycles. The van der Waals surface area contributed by atoms with Crippen LogP contribution in [0.25, 0.3) is 6.08 Å². The second kappa shape index (κ2) is 11.5. The van der Waals surface area contributed by atoms with E-state index >= 15 is 0 Å². The molecular formula is C28H27Cl2N3O3. The minimum atomic E-state index is -0.288. The number of rotatable bonds is 6. The second-order valence-corrected chi connectivity index (χ2v) is 9.37. The third-order valence-corrected chi connectivity index (χ3v) is 6.52. The fraction of sp³-hybridized carbons (Fsp3) is 0.214. The van der Waals surface area contributed by atoms with Crippen LogP contribution in [0, 0.1) is 6.92 Å². The fourth-order valence-corrected chi connectivity index (χ4v) is 4.66. The predicted molar refractivity (Wildman–Crippen MR) is 146 cm³/mol. The maximum absolute atomic E-state index is 12.8. The summed E-state index contributed by atoms with van der Waals surface area (Å²) >= 11 is 12.2. The zero-order valence-corrected chi connectivity index (χ0v) is 21.6. The smallest absolute Gasteiger partial charge is 0.253 e. The zero-order valence-electron chi connectivity index (χ0n) is 20.1. The highest BCUT2D eigenvalue weighted by atomic mass is 35.5. The fourth-order valence-electron chi connectivity index (χ4n) is 4.07. The Morgan fingerprint density at radius 2 is 1.61 bits per heavy atom. The Hall–Kier alpha value is -3.48. The van der Waals surface area contributed by atoms with E-state index in [-0.39, 0.29) is 11.8 Å². The third-order valence-electron chi connectivity index (χ3n) is 6.02. The van der Waals surface area contributed by atoms with Gasteiger partial charge in [-0.3, -0.25) is 9.59 Å². The molecule has 0 radical (unpaired) electrons. The molecule has 36 heavy (non-hydrogen) atoms. The molecule has 6 nitrogen and oxygen atoms in total. The Labute approximate surface area is 221 Å². The van der Waals surface area contributed by atoms with Gasteiger partial charge >= 0.3 is 0 Å². The molecule has 0 aliphatic carbocycles. The molecule has 0 spiro atoms. The largest absolute Gasteiger partial charge is 0.495 e. The first kappa shape index (κ1) is 25.6. The summed E-state index contributed by atoms with van der Waals surface area (Å²) in [6.45, 7) is 4.82. The minimum absolute atomic E-state index is 0.0680. The van der Waals surface area contributed by atoms with Gasteiger partial charge in [-0.15, -0.1) is 0 Å². The molecule has 0 saturated carbocycles. The lowest BCUT2D eigenvalue weighted by Crippen LogP contribution is -2.48. The highest BCUT2D eigenvalue weighted by molar-refractivity contribution is 6.36. The van der Waals surface area contributed by atoms with Crippen molar-refractivity contribution in [2.45, 2.75) is 6.92 Å². The number of amides is 2. The van der Waals surface area contributed by atoms with Crippen molar-refractivity contribution in [3.63, 3.8) is 0 Å². The van der Waals surface area contributed by atoms with E-state index in [1.54, 1.807) is 18.2 Å². The molecule has 0 bridgehead atoms. The van der Waals surface area contributed by atoms with Gasteiger partial charge in [0.1, 0.15) is 5.75 Å². The molecule has 1 N–H and O–H groups in total. The maximum Gasteiger partial charge on any atom is 0.253 e. The quantitative estimate of drug-likeness (QED) is 0.407. The maximum atomic E-state index is 12.8. The van der Waals surface area contributed by atoms with E-state index in [9.17, 15) is 9.59 Å². The summed E-state index contributed by atoms with van der Waals surface area (Å²) in [5, 5.41) is 3.68. The van der Waals surface area contributed by atoms with Crippen molar-refractivity contribution < 1.29 is 14.3 Å². The number of hydrogen-bond donors (Lipinski definition) is 1. The minimum Gasteiger partial charge on any atom is -0.495 e. The van der Waals surface area contributed by atoms with Gasteiger partial charge in [0.25, 0.3) is 5.91 Å². The van der Waals surface area contributed by atoms with Crippen LogP contribution >= 0.6 is 23.2 Å². The van der Waals surface area contributed by atoms with E-state index in [0.717, 1.165) is 29.9 Å². The zero-order chi connectivity index (χ0) is 25.7. The van der Waals surface area contributed by atoms with Crippen LogP contribution < -0.4 is 15.0 Å². The Bertz CT molecular complexity index is 1270. The Kier molecular flexibility index (Phi) is 8.18.